The Morgan fingerprint density at radius 3 is 2.60 bits per heavy atom. The lowest BCUT2D eigenvalue weighted by Gasteiger charge is -2.11. The molecule has 0 radical (unpaired) electrons. The lowest BCUT2D eigenvalue weighted by molar-refractivity contribution is -0.121. The van der Waals surface area contributed by atoms with Crippen LogP contribution in [-0.2, 0) is 18.3 Å². The smallest absolute Gasteiger partial charge is 0.225 e. The molecule has 1 amide bonds. The highest BCUT2D eigenvalue weighted by Gasteiger charge is 2.16. The van der Waals surface area contributed by atoms with E-state index in [-0.39, 0.29) is 11.9 Å². The molecule has 1 atom stereocenters. The first-order valence-electron chi connectivity index (χ1n) is 6.73. The van der Waals surface area contributed by atoms with Gasteiger partial charge in [-0.15, -0.1) is 0 Å². The van der Waals surface area contributed by atoms with Crippen LogP contribution in [0.25, 0.3) is 0 Å². The zero-order chi connectivity index (χ0) is 14.9. The third-order valence-electron chi connectivity index (χ3n) is 3.56. The number of hydrogen-bond acceptors (Lipinski definition) is 3. The van der Waals surface area contributed by atoms with Crippen LogP contribution in [0.5, 0.6) is 0 Å². The molecule has 0 spiro atoms. The van der Waals surface area contributed by atoms with Crippen molar-refractivity contribution in [1.82, 2.24) is 15.1 Å². The summed E-state index contributed by atoms with van der Waals surface area (Å²) in [5, 5.41) is 7.27. The van der Waals surface area contributed by atoms with Gasteiger partial charge in [-0.05, 0) is 39.8 Å². The Balaban J connectivity index is 2.02. The van der Waals surface area contributed by atoms with Gasteiger partial charge in [-0.2, -0.15) is 5.10 Å². The average molecular weight is 275 g/mol. The van der Waals surface area contributed by atoms with E-state index in [1.807, 2.05) is 46.9 Å². The molecule has 20 heavy (non-hydrogen) atoms. The van der Waals surface area contributed by atoms with E-state index in [2.05, 4.69) is 10.4 Å². The first-order valence-corrected chi connectivity index (χ1v) is 6.73. The first-order chi connectivity index (χ1) is 9.38. The Hall–Kier alpha value is -2.04. The molecule has 0 aliphatic carbocycles. The van der Waals surface area contributed by atoms with Gasteiger partial charge in [-0.25, -0.2) is 0 Å². The fraction of sp³-hybridized carbons (Fsp3) is 0.467. The van der Waals surface area contributed by atoms with E-state index in [9.17, 15) is 4.79 Å². The van der Waals surface area contributed by atoms with Crippen LogP contribution in [0, 0.1) is 20.8 Å². The Labute approximate surface area is 119 Å². The Bertz CT molecular complexity index is 625. The second-order valence-electron chi connectivity index (χ2n) is 5.19. The van der Waals surface area contributed by atoms with E-state index in [1.54, 1.807) is 4.68 Å². The third kappa shape index (κ3) is 2.92. The summed E-state index contributed by atoms with van der Waals surface area (Å²) in [5.41, 5.74) is 2.92. The Morgan fingerprint density at radius 1 is 1.40 bits per heavy atom. The lowest BCUT2D eigenvalue weighted by atomic mass is 10.1. The number of furan rings is 1. The lowest BCUT2D eigenvalue weighted by Crippen LogP contribution is -2.28. The van der Waals surface area contributed by atoms with Gasteiger partial charge in [0.05, 0.1) is 18.2 Å². The van der Waals surface area contributed by atoms with Gasteiger partial charge in [0.1, 0.15) is 11.5 Å². The number of aromatic nitrogens is 2. The van der Waals surface area contributed by atoms with Gasteiger partial charge in [0.25, 0.3) is 0 Å². The van der Waals surface area contributed by atoms with Gasteiger partial charge in [0.2, 0.25) is 5.91 Å². The van der Waals surface area contributed by atoms with Crippen LogP contribution in [0.2, 0.25) is 0 Å². The van der Waals surface area contributed by atoms with Crippen LogP contribution >= 0.6 is 0 Å². The average Bonchev–Trinajstić information content (AvgIpc) is 2.89. The number of carbonyl (C=O) groups excluding carboxylic acids is 1. The summed E-state index contributed by atoms with van der Waals surface area (Å²) in [6.07, 6.45) is 0.343. The summed E-state index contributed by atoms with van der Waals surface area (Å²) in [5.74, 6) is 1.60. The van der Waals surface area contributed by atoms with Gasteiger partial charge >= 0.3 is 0 Å². The molecule has 2 rings (SSSR count). The molecule has 0 unspecified atom stereocenters. The van der Waals surface area contributed by atoms with Gasteiger partial charge < -0.3 is 9.73 Å². The summed E-state index contributed by atoms with van der Waals surface area (Å²) < 4.78 is 7.32. The van der Waals surface area contributed by atoms with Gasteiger partial charge in [-0.1, -0.05) is 0 Å². The summed E-state index contributed by atoms with van der Waals surface area (Å²) in [6.45, 7) is 7.70. The SMILES string of the molecule is Cc1ccc([C@@H](C)NC(=O)Cc2c(C)nn(C)c2C)o1. The third-order valence-corrected chi connectivity index (χ3v) is 3.56. The minimum absolute atomic E-state index is 0.0225. The highest BCUT2D eigenvalue weighted by Crippen LogP contribution is 2.17. The summed E-state index contributed by atoms with van der Waals surface area (Å²) in [6, 6.07) is 3.65. The van der Waals surface area contributed by atoms with Gasteiger partial charge in [0.15, 0.2) is 0 Å². The predicted octanol–water partition coefficient (Wildman–Crippen LogP) is 2.36. The van der Waals surface area contributed by atoms with Crippen LogP contribution < -0.4 is 5.32 Å². The maximum absolute atomic E-state index is 12.1. The minimum Gasteiger partial charge on any atom is -0.464 e. The van der Waals surface area contributed by atoms with Crippen molar-refractivity contribution < 1.29 is 9.21 Å². The summed E-state index contributed by atoms with van der Waals surface area (Å²) >= 11 is 0. The molecule has 0 fully saturated rings. The molecule has 2 heterocycles. The largest absolute Gasteiger partial charge is 0.464 e. The van der Waals surface area contributed by atoms with Crippen molar-refractivity contribution in [3.05, 3.63) is 40.6 Å². The number of nitrogens with one attached hydrogen (secondary N) is 1. The highest BCUT2D eigenvalue weighted by molar-refractivity contribution is 5.79. The zero-order valence-electron chi connectivity index (χ0n) is 12.7. The normalized spacial score (nSPS) is 12.4. The molecule has 0 bridgehead atoms. The van der Waals surface area contributed by atoms with E-state index in [1.165, 1.54) is 0 Å². The summed E-state index contributed by atoms with van der Waals surface area (Å²) in [7, 11) is 1.89. The maximum Gasteiger partial charge on any atom is 0.225 e. The molecule has 2 aromatic heterocycles. The molecule has 5 nitrogen and oxygen atoms in total. The van der Waals surface area contributed by atoms with Crippen molar-refractivity contribution in [3.63, 3.8) is 0 Å². The number of rotatable bonds is 4. The van der Waals surface area contributed by atoms with Crippen molar-refractivity contribution in [2.75, 3.05) is 0 Å². The first kappa shape index (κ1) is 14.4. The van der Waals surface area contributed by atoms with Crippen LogP contribution in [-0.4, -0.2) is 15.7 Å². The van der Waals surface area contributed by atoms with E-state index < -0.39 is 0 Å². The highest BCUT2D eigenvalue weighted by atomic mass is 16.3. The van der Waals surface area contributed by atoms with Crippen molar-refractivity contribution in [2.24, 2.45) is 7.05 Å². The van der Waals surface area contributed by atoms with E-state index in [0.29, 0.717) is 6.42 Å². The molecule has 1 N–H and O–H groups in total. The van der Waals surface area contributed by atoms with E-state index in [0.717, 1.165) is 28.5 Å². The molecule has 0 aliphatic rings. The van der Waals surface area contributed by atoms with Crippen LogP contribution in [0.3, 0.4) is 0 Å². The molecule has 5 heteroatoms. The fourth-order valence-corrected chi connectivity index (χ4v) is 2.28. The number of carbonyl (C=O) groups is 1. The van der Waals surface area contributed by atoms with Gasteiger partial charge in [0, 0.05) is 18.3 Å². The zero-order valence-corrected chi connectivity index (χ0v) is 12.7. The fourth-order valence-electron chi connectivity index (χ4n) is 2.28. The molecule has 108 valence electrons. The molecule has 0 saturated carbocycles. The van der Waals surface area contributed by atoms with Crippen molar-refractivity contribution >= 4 is 5.91 Å². The number of nitrogens with zero attached hydrogens (tertiary/aromatic N) is 2. The second-order valence-corrected chi connectivity index (χ2v) is 5.19. The van der Waals surface area contributed by atoms with E-state index in [4.69, 9.17) is 4.42 Å². The molecule has 0 aromatic carbocycles. The number of hydrogen-bond donors (Lipinski definition) is 1. The topological polar surface area (TPSA) is 60.1 Å². The quantitative estimate of drug-likeness (QED) is 0.931. The summed E-state index contributed by atoms with van der Waals surface area (Å²) in [4.78, 5) is 12.1. The monoisotopic (exact) mass is 275 g/mol. The molecule has 0 aliphatic heterocycles. The van der Waals surface area contributed by atoms with Gasteiger partial charge in [-0.3, -0.25) is 9.48 Å². The molecule has 0 saturated heterocycles. The standard InChI is InChI=1S/C15H21N3O2/c1-9-6-7-14(20-9)11(3)16-15(19)8-13-10(2)17-18(5)12(13)4/h6-7,11H,8H2,1-5H3,(H,16,19)/t11-/m1/s1. The molecular formula is C15H21N3O2. The van der Waals surface area contributed by atoms with Crippen LogP contribution in [0.4, 0.5) is 0 Å². The number of aryl methyl sites for hydroxylation is 3. The van der Waals surface area contributed by atoms with Crippen LogP contribution in [0.1, 0.15) is 41.4 Å². The van der Waals surface area contributed by atoms with E-state index >= 15 is 0 Å². The predicted molar refractivity (Wildman–Crippen MR) is 76.4 cm³/mol. The Kier molecular flexibility index (Phi) is 3.97. The minimum atomic E-state index is -0.131. The van der Waals surface area contributed by atoms with Crippen molar-refractivity contribution in [1.29, 1.82) is 0 Å². The van der Waals surface area contributed by atoms with Crippen molar-refractivity contribution in [3.8, 4) is 0 Å². The number of amides is 1. The molecule has 2 aromatic rings. The Morgan fingerprint density at radius 2 is 2.10 bits per heavy atom. The second kappa shape index (κ2) is 5.53. The molecular weight excluding hydrogens is 254 g/mol. The van der Waals surface area contributed by atoms with Crippen LogP contribution in [0.15, 0.2) is 16.5 Å². The van der Waals surface area contributed by atoms with Crippen molar-refractivity contribution in [2.45, 2.75) is 40.2 Å². The maximum atomic E-state index is 12.1.